The van der Waals surface area contributed by atoms with Crippen molar-refractivity contribution in [3.8, 4) is 5.75 Å². The summed E-state index contributed by atoms with van der Waals surface area (Å²) in [5.74, 6) is 1.11. The van der Waals surface area contributed by atoms with Crippen molar-refractivity contribution in [2.45, 2.75) is 46.1 Å². The van der Waals surface area contributed by atoms with Gasteiger partial charge >= 0.3 is 0 Å². The highest BCUT2D eigenvalue weighted by Crippen LogP contribution is 2.28. The molecule has 1 fully saturated rings. The quantitative estimate of drug-likeness (QED) is 0.863. The highest BCUT2D eigenvalue weighted by Gasteiger charge is 2.17. The molecule has 1 aliphatic rings. The lowest BCUT2D eigenvalue weighted by Gasteiger charge is -2.17. The Bertz CT molecular complexity index is 381. The van der Waals surface area contributed by atoms with Gasteiger partial charge in [0.15, 0.2) is 0 Å². The summed E-state index contributed by atoms with van der Waals surface area (Å²) in [6.45, 7) is 8.27. The van der Waals surface area contributed by atoms with E-state index in [0.717, 1.165) is 18.8 Å². The van der Waals surface area contributed by atoms with Gasteiger partial charge < -0.3 is 10.1 Å². The van der Waals surface area contributed by atoms with Crippen LogP contribution in [-0.4, -0.2) is 19.2 Å². The van der Waals surface area contributed by atoms with Crippen LogP contribution in [0.2, 0.25) is 0 Å². The normalized spacial score (nSPS) is 19.6. The van der Waals surface area contributed by atoms with Crippen LogP contribution >= 0.6 is 0 Å². The summed E-state index contributed by atoms with van der Waals surface area (Å²) in [6.07, 6.45) is 3.69. The number of hydrogen-bond acceptors (Lipinski definition) is 2. The fourth-order valence-electron chi connectivity index (χ4n) is 2.55. The van der Waals surface area contributed by atoms with E-state index in [1.54, 1.807) is 0 Å². The van der Waals surface area contributed by atoms with Crippen LogP contribution in [-0.2, 0) is 6.42 Å². The van der Waals surface area contributed by atoms with Crippen molar-refractivity contribution in [3.05, 3.63) is 28.8 Å². The van der Waals surface area contributed by atoms with Gasteiger partial charge in [-0.2, -0.15) is 0 Å². The molecule has 1 saturated heterocycles. The monoisotopic (exact) mass is 233 g/mol. The van der Waals surface area contributed by atoms with E-state index >= 15 is 0 Å². The first-order chi connectivity index (χ1) is 8.22. The van der Waals surface area contributed by atoms with Crippen LogP contribution in [0.3, 0.4) is 0 Å². The molecule has 1 aliphatic heterocycles. The number of rotatable bonds is 4. The first-order valence-electron chi connectivity index (χ1n) is 6.67. The van der Waals surface area contributed by atoms with Crippen LogP contribution in [0.25, 0.3) is 0 Å². The summed E-state index contributed by atoms with van der Waals surface area (Å²) in [7, 11) is 0. The largest absolute Gasteiger partial charge is 0.493 e. The van der Waals surface area contributed by atoms with Gasteiger partial charge in [0, 0.05) is 6.04 Å². The van der Waals surface area contributed by atoms with Crippen LogP contribution in [0.4, 0.5) is 0 Å². The van der Waals surface area contributed by atoms with E-state index in [-0.39, 0.29) is 0 Å². The number of nitrogens with one attached hydrogen (secondary N) is 1. The molecule has 2 nitrogen and oxygen atoms in total. The van der Waals surface area contributed by atoms with Gasteiger partial charge in [-0.3, -0.25) is 0 Å². The van der Waals surface area contributed by atoms with Crippen molar-refractivity contribution < 1.29 is 4.74 Å². The third-order valence-corrected chi connectivity index (χ3v) is 3.68. The standard InChI is InChI=1S/C15H23NO/c1-4-17-15-12(3)11(2)7-8-13(15)10-14-6-5-9-16-14/h7-8,14,16H,4-6,9-10H2,1-3H3. The van der Waals surface area contributed by atoms with Gasteiger partial charge in [0.1, 0.15) is 5.75 Å². The highest BCUT2D eigenvalue weighted by molar-refractivity contribution is 5.45. The van der Waals surface area contributed by atoms with Crippen molar-refractivity contribution in [2.24, 2.45) is 0 Å². The number of hydrogen-bond donors (Lipinski definition) is 1. The minimum absolute atomic E-state index is 0.635. The van der Waals surface area contributed by atoms with Gasteiger partial charge in [-0.1, -0.05) is 12.1 Å². The Morgan fingerprint density at radius 3 is 2.82 bits per heavy atom. The average Bonchev–Trinajstić information content (AvgIpc) is 2.81. The Kier molecular flexibility index (Phi) is 4.06. The molecular weight excluding hydrogens is 210 g/mol. The van der Waals surface area contributed by atoms with E-state index in [1.807, 2.05) is 0 Å². The van der Waals surface area contributed by atoms with Gasteiger partial charge in [0.2, 0.25) is 0 Å². The molecule has 1 aromatic carbocycles. The fraction of sp³-hybridized carbons (Fsp3) is 0.600. The smallest absolute Gasteiger partial charge is 0.125 e. The second kappa shape index (κ2) is 5.54. The molecule has 1 heterocycles. The van der Waals surface area contributed by atoms with Gasteiger partial charge in [-0.25, -0.2) is 0 Å². The molecule has 0 spiro atoms. The number of benzene rings is 1. The molecule has 1 atom stereocenters. The van der Waals surface area contributed by atoms with Gasteiger partial charge in [0.05, 0.1) is 6.61 Å². The lowest BCUT2D eigenvalue weighted by molar-refractivity contribution is 0.332. The number of aryl methyl sites for hydroxylation is 1. The topological polar surface area (TPSA) is 21.3 Å². The molecule has 2 heteroatoms. The Balaban J connectivity index is 2.22. The molecule has 1 aromatic rings. The lowest BCUT2D eigenvalue weighted by atomic mass is 9.98. The first-order valence-corrected chi connectivity index (χ1v) is 6.67. The second-order valence-electron chi connectivity index (χ2n) is 4.93. The summed E-state index contributed by atoms with van der Waals surface area (Å²) in [6, 6.07) is 5.08. The minimum atomic E-state index is 0.635. The molecule has 0 aliphatic carbocycles. The molecule has 94 valence electrons. The van der Waals surface area contributed by atoms with Crippen LogP contribution in [0.15, 0.2) is 12.1 Å². The number of ether oxygens (including phenoxy) is 1. The third kappa shape index (κ3) is 2.81. The van der Waals surface area contributed by atoms with E-state index in [4.69, 9.17) is 4.74 Å². The predicted molar refractivity (Wildman–Crippen MR) is 71.8 cm³/mol. The molecular formula is C15H23NO. The van der Waals surface area contributed by atoms with E-state index in [9.17, 15) is 0 Å². The molecule has 0 amide bonds. The SMILES string of the molecule is CCOc1c(CC2CCCN2)ccc(C)c1C. The average molecular weight is 233 g/mol. The lowest BCUT2D eigenvalue weighted by Crippen LogP contribution is -2.24. The van der Waals surface area contributed by atoms with Crippen LogP contribution in [0.1, 0.15) is 36.5 Å². The van der Waals surface area contributed by atoms with E-state index in [1.165, 1.54) is 36.1 Å². The Hall–Kier alpha value is -1.02. The van der Waals surface area contributed by atoms with Crippen LogP contribution < -0.4 is 10.1 Å². The van der Waals surface area contributed by atoms with Crippen molar-refractivity contribution >= 4 is 0 Å². The summed E-state index contributed by atoms with van der Waals surface area (Å²) in [5, 5.41) is 3.55. The summed E-state index contributed by atoms with van der Waals surface area (Å²) < 4.78 is 5.83. The highest BCUT2D eigenvalue weighted by atomic mass is 16.5. The molecule has 0 bridgehead atoms. The molecule has 2 rings (SSSR count). The summed E-state index contributed by atoms with van der Waals surface area (Å²) >= 11 is 0. The zero-order chi connectivity index (χ0) is 12.3. The van der Waals surface area contributed by atoms with Gasteiger partial charge in [-0.15, -0.1) is 0 Å². The predicted octanol–water partition coefficient (Wildman–Crippen LogP) is 3.00. The Morgan fingerprint density at radius 1 is 1.35 bits per heavy atom. The van der Waals surface area contributed by atoms with Crippen molar-refractivity contribution in [1.82, 2.24) is 5.32 Å². The first kappa shape index (κ1) is 12.4. The molecule has 0 radical (unpaired) electrons. The Morgan fingerprint density at radius 2 is 2.18 bits per heavy atom. The maximum Gasteiger partial charge on any atom is 0.125 e. The van der Waals surface area contributed by atoms with Gasteiger partial charge in [0.25, 0.3) is 0 Å². The van der Waals surface area contributed by atoms with Crippen molar-refractivity contribution in [2.75, 3.05) is 13.2 Å². The molecule has 1 N–H and O–H groups in total. The molecule has 17 heavy (non-hydrogen) atoms. The maximum absolute atomic E-state index is 5.83. The van der Waals surface area contributed by atoms with Crippen LogP contribution in [0, 0.1) is 13.8 Å². The van der Waals surface area contributed by atoms with E-state index in [0.29, 0.717) is 6.04 Å². The minimum Gasteiger partial charge on any atom is -0.493 e. The Labute approximate surface area is 104 Å². The molecule has 0 aromatic heterocycles. The fourth-order valence-corrected chi connectivity index (χ4v) is 2.55. The van der Waals surface area contributed by atoms with Crippen molar-refractivity contribution in [1.29, 1.82) is 0 Å². The summed E-state index contributed by atoms with van der Waals surface area (Å²) in [4.78, 5) is 0. The molecule has 0 saturated carbocycles. The second-order valence-corrected chi connectivity index (χ2v) is 4.93. The third-order valence-electron chi connectivity index (χ3n) is 3.68. The van der Waals surface area contributed by atoms with Gasteiger partial charge in [-0.05, 0) is 63.3 Å². The van der Waals surface area contributed by atoms with E-state index < -0.39 is 0 Å². The zero-order valence-electron chi connectivity index (χ0n) is 11.2. The summed E-state index contributed by atoms with van der Waals surface area (Å²) in [5.41, 5.74) is 3.97. The van der Waals surface area contributed by atoms with Crippen molar-refractivity contribution in [3.63, 3.8) is 0 Å². The van der Waals surface area contributed by atoms with E-state index in [2.05, 4.69) is 38.2 Å². The maximum atomic E-state index is 5.83. The molecule has 1 unspecified atom stereocenters. The van der Waals surface area contributed by atoms with Crippen LogP contribution in [0.5, 0.6) is 5.75 Å². The zero-order valence-corrected chi connectivity index (χ0v) is 11.2.